The molecule has 0 aliphatic carbocycles. The number of hydrogen-bond donors (Lipinski definition) is 0. The summed E-state index contributed by atoms with van der Waals surface area (Å²) in [7, 11) is 3.19. The molecule has 0 fully saturated rings. The third kappa shape index (κ3) is 3.08. The van der Waals surface area contributed by atoms with Gasteiger partial charge in [-0.05, 0) is 12.3 Å². The van der Waals surface area contributed by atoms with Gasteiger partial charge in [0.2, 0.25) is 0 Å². The maximum Gasteiger partial charge on any atom is 0.312 e. The van der Waals surface area contributed by atoms with Crippen molar-refractivity contribution in [3.8, 4) is 0 Å². The minimum Gasteiger partial charge on any atom is -0.341 e. The molecule has 0 radical (unpaired) electrons. The summed E-state index contributed by atoms with van der Waals surface area (Å²) < 4.78 is 0. The van der Waals surface area contributed by atoms with E-state index in [-0.39, 0.29) is 0 Å². The Morgan fingerprint density at radius 2 is 2.07 bits per heavy atom. The SMILES string of the molecule is CC1C=CCN(C(=O)C(=O)N(C)C)CC1. The predicted octanol–water partition coefficient (Wildman–Crippen LogP) is 0.499. The fourth-order valence-corrected chi connectivity index (χ4v) is 1.48. The van der Waals surface area contributed by atoms with E-state index in [4.69, 9.17) is 0 Å². The van der Waals surface area contributed by atoms with Gasteiger partial charge in [0.25, 0.3) is 0 Å². The van der Waals surface area contributed by atoms with Crippen LogP contribution in [0.2, 0.25) is 0 Å². The molecule has 84 valence electrons. The summed E-state index contributed by atoms with van der Waals surface area (Å²) >= 11 is 0. The number of amides is 2. The lowest BCUT2D eigenvalue weighted by molar-refractivity contribution is -0.150. The van der Waals surface area contributed by atoms with E-state index in [1.807, 2.05) is 6.08 Å². The Morgan fingerprint density at radius 1 is 1.40 bits per heavy atom. The van der Waals surface area contributed by atoms with Gasteiger partial charge in [-0.25, -0.2) is 0 Å². The fourth-order valence-electron chi connectivity index (χ4n) is 1.48. The highest BCUT2D eigenvalue weighted by molar-refractivity contribution is 6.34. The molecule has 0 saturated heterocycles. The van der Waals surface area contributed by atoms with Crippen LogP contribution in [0.4, 0.5) is 0 Å². The molecule has 0 N–H and O–H groups in total. The van der Waals surface area contributed by atoms with Crippen LogP contribution in [0, 0.1) is 5.92 Å². The second kappa shape index (κ2) is 4.96. The largest absolute Gasteiger partial charge is 0.341 e. The zero-order valence-corrected chi connectivity index (χ0v) is 9.56. The minimum absolute atomic E-state index is 0.404. The van der Waals surface area contributed by atoms with E-state index >= 15 is 0 Å². The van der Waals surface area contributed by atoms with Crippen LogP contribution in [0.1, 0.15) is 13.3 Å². The van der Waals surface area contributed by atoms with Gasteiger partial charge < -0.3 is 9.80 Å². The normalized spacial score (nSPS) is 21.0. The van der Waals surface area contributed by atoms with Crippen molar-refractivity contribution in [3.05, 3.63) is 12.2 Å². The van der Waals surface area contributed by atoms with Crippen LogP contribution in [0.5, 0.6) is 0 Å². The predicted molar refractivity (Wildman–Crippen MR) is 58.2 cm³/mol. The first kappa shape index (κ1) is 11.8. The van der Waals surface area contributed by atoms with Crippen molar-refractivity contribution < 1.29 is 9.59 Å². The van der Waals surface area contributed by atoms with Crippen molar-refractivity contribution >= 4 is 11.8 Å². The van der Waals surface area contributed by atoms with Crippen LogP contribution in [0.25, 0.3) is 0 Å². The average molecular weight is 210 g/mol. The van der Waals surface area contributed by atoms with Crippen LogP contribution in [0.15, 0.2) is 12.2 Å². The highest BCUT2D eigenvalue weighted by atomic mass is 16.2. The summed E-state index contributed by atoms with van der Waals surface area (Å²) in [6, 6.07) is 0. The lowest BCUT2D eigenvalue weighted by Gasteiger charge is -2.21. The quantitative estimate of drug-likeness (QED) is 0.431. The molecule has 1 rings (SSSR count). The number of allylic oxidation sites excluding steroid dienone is 1. The molecule has 0 saturated carbocycles. The number of rotatable bonds is 0. The molecule has 1 heterocycles. The fraction of sp³-hybridized carbons (Fsp3) is 0.636. The molecule has 1 aliphatic heterocycles. The van der Waals surface area contributed by atoms with Crippen LogP contribution >= 0.6 is 0 Å². The lowest BCUT2D eigenvalue weighted by Crippen LogP contribution is -2.42. The standard InChI is InChI=1S/C11H18N2O2/c1-9-5-4-7-13(8-6-9)11(15)10(14)12(2)3/h4-5,9H,6-8H2,1-3H3. The molecule has 15 heavy (non-hydrogen) atoms. The first-order chi connectivity index (χ1) is 7.02. The third-order valence-corrected chi connectivity index (χ3v) is 2.52. The zero-order valence-electron chi connectivity index (χ0n) is 9.56. The summed E-state index contributed by atoms with van der Waals surface area (Å²) in [5.74, 6) is -0.367. The molecule has 0 aromatic rings. The molecule has 0 spiro atoms. The van der Waals surface area contributed by atoms with Crippen LogP contribution < -0.4 is 0 Å². The molecule has 0 aromatic carbocycles. The minimum atomic E-state index is -0.446. The maximum absolute atomic E-state index is 11.7. The van der Waals surface area contributed by atoms with Gasteiger partial charge in [-0.1, -0.05) is 19.1 Å². The molecular weight excluding hydrogens is 192 g/mol. The summed E-state index contributed by atoms with van der Waals surface area (Å²) in [5, 5.41) is 0. The summed E-state index contributed by atoms with van der Waals surface area (Å²) in [6.45, 7) is 3.31. The van der Waals surface area contributed by atoms with Crippen LogP contribution in [-0.4, -0.2) is 48.8 Å². The molecule has 4 heteroatoms. The zero-order chi connectivity index (χ0) is 11.4. The number of carbonyl (C=O) groups is 2. The smallest absolute Gasteiger partial charge is 0.312 e. The molecule has 0 bridgehead atoms. The van der Waals surface area contributed by atoms with Gasteiger partial charge in [0.05, 0.1) is 0 Å². The molecular formula is C11H18N2O2. The number of likely N-dealkylation sites (N-methyl/N-ethyl adjacent to an activating group) is 1. The molecule has 1 unspecified atom stereocenters. The van der Waals surface area contributed by atoms with Crippen molar-refractivity contribution in [2.75, 3.05) is 27.2 Å². The maximum atomic E-state index is 11.7. The highest BCUT2D eigenvalue weighted by Crippen LogP contribution is 2.10. The Labute approximate surface area is 90.5 Å². The Morgan fingerprint density at radius 3 is 2.67 bits per heavy atom. The van der Waals surface area contributed by atoms with Crippen LogP contribution in [-0.2, 0) is 9.59 Å². The van der Waals surface area contributed by atoms with E-state index in [0.717, 1.165) is 6.42 Å². The van der Waals surface area contributed by atoms with Gasteiger partial charge in [-0.2, -0.15) is 0 Å². The van der Waals surface area contributed by atoms with Crippen molar-refractivity contribution in [3.63, 3.8) is 0 Å². The second-order valence-corrected chi connectivity index (χ2v) is 4.14. The molecule has 0 aromatic heterocycles. The van der Waals surface area contributed by atoms with Gasteiger partial charge in [-0.15, -0.1) is 0 Å². The molecule has 1 atom stereocenters. The van der Waals surface area contributed by atoms with E-state index in [9.17, 15) is 9.59 Å². The van der Waals surface area contributed by atoms with Crippen LogP contribution in [0.3, 0.4) is 0 Å². The highest BCUT2D eigenvalue weighted by Gasteiger charge is 2.23. The lowest BCUT2D eigenvalue weighted by atomic mass is 10.1. The van der Waals surface area contributed by atoms with Crippen molar-refractivity contribution in [2.24, 2.45) is 5.92 Å². The van der Waals surface area contributed by atoms with E-state index in [2.05, 4.69) is 13.0 Å². The number of hydrogen-bond acceptors (Lipinski definition) is 2. The Bertz CT molecular complexity index is 284. The summed E-state index contributed by atoms with van der Waals surface area (Å²) in [4.78, 5) is 26.1. The Balaban J connectivity index is 2.61. The second-order valence-electron chi connectivity index (χ2n) is 4.14. The summed E-state index contributed by atoms with van der Waals surface area (Å²) in [6.07, 6.45) is 4.97. The van der Waals surface area contributed by atoms with E-state index in [1.165, 1.54) is 4.90 Å². The van der Waals surface area contributed by atoms with Crippen molar-refractivity contribution in [1.29, 1.82) is 0 Å². The van der Waals surface area contributed by atoms with Gasteiger partial charge in [0.1, 0.15) is 0 Å². The average Bonchev–Trinajstić information content (AvgIpc) is 2.40. The van der Waals surface area contributed by atoms with Gasteiger partial charge in [0.15, 0.2) is 0 Å². The number of nitrogens with zero attached hydrogens (tertiary/aromatic N) is 2. The van der Waals surface area contributed by atoms with Gasteiger partial charge >= 0.3 is 11.8 Å². The van der Waals surface area contributed by atoms with E-state index in [0.29, 0.717) is 19.0 Å². The molecule has 2 amide bonds. The summed E-state index contributed by atoms with van der Waals surface area (Å²) in [5.41, 5.74) is 0. The van der Waals surface area contributed by atoms with Crippen molar-refractivity contribution in [1.82, 2.24) is 9.80 Å². The first-order valence-corrected chi connectivity index (χ1v) is 5.19. The molecule has 4 nitrogen and oxygen atoms in total. The molecule has 1 aliphatic rings. The Kier molecular flexibility index (Phi) is 3.88. The van der Waals surface area contributed by atoms with E-state index in [1.54, 1.807) is 19.0 Å². The van der Waals surface area contributed by atoms with Crippen molar-refractivity contribution in [2.45, 2.75) is 13.3 Å². The monoisotopic (exact) mass is 210 g/mol. The Hall–Kier alpha value is -1.32. The topological polar surface area (TPSA) is 40.6 Å². The van der Waals surface area contributed by atoms with Gasteiger partial charge in [-0.3, -0.25) is 9.59 Å². The first-order valence-electron chi connectivity index (χ1n) is 5.19. The third-order valence-electron chi connectivity index (χ3n) is 2.52. The number of carbonyl (C=O) groups excluding carboxylic acids is 2. The van der Waals surface area contributed by atoms with E-state index < -0.39 is 11.8 Å². The van der Waals surface area contributed by atoms with Gasteiger partial charge in [0, 0.05) is 27.2 Å².